The molecular weight excluding hydrogens is 391 g/mol. The van der Waals surface area contributed by atoms with Gasteiger partial charge < -0.3 is 10.2 Å². The lowest BCUT2D eigenvalue weighted by Crippen LogP contribution is -2.42. The number of nitrogens with zero attached hydrogens (tertiary/aromatic N) is 2. The maximum absolute atomic E-state index is 13.0. The van der Waals surface area contributed by atoms with Gasteiger partial charge in [0, 0.05) is 24.7 Å². The second-order valence-corrected chi connectivity index (χ2v) is 8.99. The number of amides is 1. The van der Waals surface area contributed by atoms with E-state index < -0.39 is 11.7 Å². The number of benzene rings is 1. The molecule has 0 bridgehead atoms. The molecule has 1 atom stereocenters. The number of anilines is 1. The minimum atomic E-state index is -4.41. The highest BCUT2D eigenvalue weighted by atomic mass is 19.4. The highest BCUT2D eigenvalue weighted by Gasteiger charge is 2.55. The molecule has 3 fully saturated rings. The first kappa shape index (κ1) is 19.4. The number of pyridine rings is 1. The molecule has 3 aliphatic rings. The van der Waals surface area contributed by atoms with Gasteiger partial charge in [-0.05, 0) is 48.8 Å². The third-order valence-electron chi connectivity index (χ3n) is 6.68. The van der Waals surface area contributed by atoms with Crippen molar-refractivity contribution in [2.24, 2.45) is 5.41 Å². The molecule has 2 aromatic rings. The molecule has 1 aromatic heterocycles. The Hall–Kier alpha value is -2.57. The SMILES string of the molecule is O=C(Cc1ccc(C2CC2)cc1)NC1CN(c2cncc(C(F)(F)F)c2)CC12CC2. The third-order valence-corrected chi connectivity index (χ3v) is 6.68. The highest BCUT2D eigenvalue weighted by molar-refractivity contribution is 5.79. The van der Waals surface area contributed by atoms with E-state index in [0.29, 0.717) is 31.1 Å². The van der Waals surface area contributed by atoms with E-state index in [2.05, 4.69) is 22.4 Å². The Morgan fingerprint density at radius 3 is 2.53 bits per heavy atom. The van der Waals surface area contributed by atoms with Gasteiger partial charge in [0.1, 0.15) is 0 Å². The average Bonchev–Trinajstić information content (AvgIpc) is 3.62. The topological polar surface area (TPSA) is 45.2 Å². The zero-order chi connectivity index (χ0) is 20.9. The lowest BCUT2D eigenvalue weighted by atomic mass is 10.00. The fraction of sp³-hybridized carbons (Fsp3) is 0.478. The summed E-state index contributed by atoms with van der Waals surface area (Å²) in [6.45, 7) is 1.16. The molecule has 1 amide bonds. The summed E-state index contributed by atoms with van der Waals surface area (Å²) >= 11 is 0. The van der Waals surface area contributed by atoms with Crippen molar-refractivity contribution in [3.05, 3.63) is 59.4 Å². The van der Waals surface area contributed by atoms with Gasteiger partial charge >= 0.3 is 6.18 Å². The Morgan fingerprint density at radius 2 is 1.90 bits per heavy atom. The van der Waals surface area contributed by atoms with Gasteiger partial charge in [-0.3, -0.25) is 9.78 Å². The number of rotatable bonds is 5. The van der Waals surface area contributed by atoms with Gasteiger partial charge in [-0.25, -0.2) is 0 Å². The van der Waals surface area contributed by atoms with E-state index in [-0.39, 0.29) is 17.4 Å². The van der Waals surface area contributed by atoms with Gasteiger partial charge in [0.25, 0.3) is 0 Å². The molecule has 1 aliphatic heterocycles. The van der Waals surface area contributed by atoms with Crippen LogP contribution in [0.1, 0.15) is 48.3 Å². The van der Waals surface area contributed by atoms with Crippen molar-refractivity contribution in [2.75, 3.05) is 18.0 Å². The molecule has 5 rings (SSSR count). The monoisotopic (exact) mass is 415 g/mol. The zero-order valence-electron chi connectivity index (χ0n) is 16.6. The largest absolute Gasteiger partial charge is 0.417 e. The third kappa shape index (κ3) is 3.89. The highest BCUT2D eigenvalue weighted by Crippen LogP contribution is 2.53. The molecule has 2 heterocycles. The van der Waals surface area contributed by atoms with Gasteiger partial charge in [-0.15, -0.1) is 0 Å². The minimum Gasteiger partial charge on any atom is -0.368 e. The Balaban J connectivity index is 1.24. The van der Waals surface area contributed by atoms with Gasteiger partial charge in [0.05, 0.1) is 29.9 Å². The molecule has 1 unspecified atom stereocenters. The van der Waals surface area contributed by atoms with Crippen molar-refractivity contribution in [3.8, 4) is 0 Å². The fourth-order valence-corrected chi connectivity index (χ4v) is 4.54. The number of hydrogen-bond donors (Lipinski definition) is 1. The molecular formula is C23H24F3N3O. The fourth-order valence-electron chi connectivity index (χ4n) is 4.54. The van der Waals surface area contributed by atoms with Crippen molar-refractivity contribution in [1.29, 1.82) is 0 Å². The Labute approximate surface area is 173 Å². The maximum Gasteiger partial charge on any atom is 0.417 e. The first-order valence-electron chi connectivity index (χ1n) is 10.5. The lowest BCUT2D eigenvalue weighted by Gasteiger charge is -2.20. The van der Waals surface area contributed by atoms with Crippen LogP contribution >= 0.6 is 0 Å². The molecule has 1 spiro atoms. The van der Waals surface area contributed by atoms with Crippen LogP contribution in [0.25, 0.3) is 0 Å². The Kier molecular flexibility index (Phi) is 4.52. The second-order valence-electron chi connectivity index (χ2n) is 8.99. The van der Waals surface area contributed by atoms with E-state index in [9.17, 15) is 18.0 Å². The summed E-state index contributed by atoms with van der Waals surface area (Å²) in [7, 11) is 0. The van der Waals surface area contributed by atoms with Crippen LogP contribution in [-0.4, -0.2) is 30.0 Å². The summed E-state index contributed by atoms with van der Waals surface area (Å²) in [5.74, 6) is 0.659. The van der Waals surface area contributed by atoms with E-state index in [1.165, 1.54) is 24.6 Å². The van der Waals surface area contributed by atoms with Gasteiger partial charge in [-0.1, -0.05) is 24.3 Å². The van der Waals surface area contributed by atoms with E-state index >= 15 is 0 Å². The predicted octanol–water partition coefficient (Wildman–Crippen LogP) is 4.31. The molecule has 2 saturated carbocycles. The quantitative estimate of drug-likeness (QED) is 0.792. The van der Waals surface area contributed by atoms with Crippen molar-refractivity contribution in [1.82, 2.24) is 10.3 Å². The Bertz CT molecular complexity index is 949. The number of aromatic nitrogens is 1. The number of halogens is 3. The average molecular weight is 415 g/mol. The Morgan fingerprint density at radius 1 is 1.17 bits per heavy atom. The van der Waals surface area contributed by atoms with E-state index in [1.807, 2.05) is 17.0 Å². The van der Waals surface area contributed by atoms with Gasteiger partial charge in [0.15, 0.2) is 0 Å². The number of carbonyl (C=O) groups is 1. The lowest BCUT2D eigenvalue weighted by molar-refractivity contribution is -0.137. The molecule has 30 heavy (non-hydrogen) atoms. The minimum absolute atomic E-state index is 0.0280. The van der Waals surface area contributed by atoms with E-state index in [1.54, 1.807) is 0 Å². The van der Waals surface area contributed by atoms with Crippen LogP contribution in [0.5, 0.6) is 0 Å². The van der Waals surface area contributed by atoms with Crippen LogP contribution in [-0.2, 0) is 17.4 Å². The van der Waals surface area contributed by atoms with Crippen LogP contribution in [0, 0.1) is 5.41 Å². The summed E-state index contributed by atoms with van der Waals surface area (Å²) in [6.07, 6.45) is 2.69. The smallest absolute Gasteiger partial charge is 0.368 e. The van der Waals surface area contributed by atoms with Crippen molar-refractivity contribution in [3.63, 3.8) is 0 Å². The molecule has 2 aliphatic carbocycles. The zero-order valence-corrected chi connectivity index (χ0v) is 16.6. The van der Waals surface area contributed by atoms with E-state index in [4.69, 9.17) is 0 Å². The molecule has 1 aromatic carbocycles. The van der Waals surface area contributed by atoms with Gasteiger partial charge in [0.2, 0.25) is 5.91 Å². The molecule has 1 N–H and O–H groups in total. The van der Waals surface area contributed by atoms with Crippen LogP contribution in [0.2, 0.25) is 0 Å². The van der Waals surface area contributed by atoms with Crippen molar-refractivity contribution >= 4 is 11.6 Å². The van der Waals surface area contributed by atoms with Crippen LogP contribution < -0.4 is 10.2 Å². The van der Waals surface area contributed by atoms with E-state index in [0.717, 1.165) is 30.7 Å². The number of alkyl halides is 3. The summed E-state index contributed by atoms with van der Waals surface area (Å²) < 4.78 is 39.1. The van der Waals surface area contributed by atoms with Crippen molar-refractivity contribution in [2.45, 2.75) is 50.2 Å². The van der Waals surface area contributed by atoms with Gasteiger partial charge in [-0.2, -0.15) is 13.2 Å². The molecule has 7 heteroatoms. The van der Waals surface area contributed by atoms with Crippen molar-refractivity contribution < 1.29 is 18.0 Å². The molecule has 0 radical (unpaired) electrons. The number of nitrogens with one attached hydrogen (secondary N) is 1. The number of hydrogen-bond acceptors (Lipinski definition) is 3. The predicted molar refractivity (Wildman–Crippen MR) is 107 cm³/mol. The summed E-state index contributed by atoms with van der Waals surface area (Å²) in [5.41, 5.74) is 2.02. The van der Waals surface area contributed by atoms with Crippen LogP contribution in [0.4, 0.5) is 18.9 Å². The maximum atomic E-state index is 13.0. The normalized spacial score (nSPS) is 22.4. The molecule has 1 saturated heterocycles. The van der Waals surface area contributed by atoms with Crippen LogP contribution in [0.15, 0.2) is 42.7 Å². The second kappa shape index (κ2) is 7.00. The first-order chi connectivity index (χ1) is 14.3. The van der Waals surface area contributed by atoms with Crippen LogP contribution in [0.3, 0.4) is 0 Å². The number of carbonyl (C=O) groups excluding carboxylic acids is 1. The summed E-state index contributed by atoms with van der Waals surface area (Å²) in [6, 6.07) is 9.37. The standard InChI is InChI=1S/C23H24F3N3O/c24-23(25,26)18-10-19(12-27-11-18)29-13-20(22(14-29)7-8-22)28-21(30)9-15-1-3-16(4-2-15)17-5-6-17/h1-4,10-12,17,20H,5-9,13-14H2,(H,28,30). The summed E-state index contributed by atoms with van der Waals surface area (Å²) in [4.78, 5) is 18.4. The molecule has 4 nitrogen and oxygen atoms in total. The summed E-state index contributed by atoms with van der Waals surface area (Å²) in [5, 5.41) is 3.15. The first-order valence-corrected chi connectivity index (χ1v) is 10.5. The molecule has 158 valence electrons.